The molecule has 3 rings (SSSR count). The number of aryl methyl sites for hydroxylation is 1. The SMILES string of the molecule is Cc1nnc(C(CC(=O)NCC(c2ccccc2)N(C)C)c2ccccc2)o1. The topological polar surface area (TPSA) is 71.3 Å². The Morgan fingerprint density at radius 3 is 2.14 bits per heavy atom. The zero-order chi connectivity index (χ0) is 19.9. The van der Waals surface area contributed by atoms with E-state index in [0.29, 0.717) is 18.3 Å². The van der Waals surface area contributed by atoms with Crippen molar-refractivity contribution in [2.24, 2.45) is 0 Å². The average molecular weight is 378 g/mol. The van der Waals surface area contributed by atoms with Crippen LogP contribution >= 0.6 is 0 Å². The summed E-state index contributed by atoms with van der Waals surface area (Å²) < 4.78 is 5.62. The van der Waals surface area contributed by atoms with Gasteiger partial charge in [-0.05, 0) is 25.2 Å². The van der Waals surface area contributed by atoms with Gasteiger partial charge in [0.15, 0.2) is 0 Å². The number of hydrogen-bond donors (Lipinski definition) is 1. The van der Waals surface area contributed by atoms with Crippen LogP contribution in [0.3, 0.4) is 0 Å². The van der Waals surface area contributed by atoms with Gasteiger partial charge in [-0.25, -0.2) is 0 Å². The molecule has 0 saturated carbocycles. The van der Waals surface area contributed by atoms with Gasteiger partial charge in [-0.15, -0.1) is 10.2 Å². The van der Waals surface area contributed by atoms with E-state index < -0.39 is 0 Å². The molecule has 146 valence electrons. The summed E-state index contributed by atoms with van der Waals surface area (Å²) in [4.78, 5) is 14.8. The molecule has 1 aromatic heterocycles. The number of nitrogens with zero attached hydrogens (tertiary/aromatic N) is 3. The molecule has 6 heteroatoms. The standard InChI is InChI=1S/C22H26N4O2/c1-16-24-25-22(28-16)19(17-10-6-4-7-11-17)14-21(27)23-15-20(26(2)3)18-12-8-5-9-13-18/h4-13,19-20H,14-15H2,1-3H3,(H,23,27). The second-order valence-corrected chi connectivity index (χ2v) is 7.02. The van der Waals surface area contributed by atoms with Gasteiger partial charge in [0.2, 0.25) is 17.7 Å². The normalized spacial score (nSPS) is 13.3. The smallest absolute Gasteiger partial charge is 0.224 e. The predicted octanol–water partition coefficient (Wildman–Crippen LogP) is 3.32. The largest absolute Gasteiger partial charge is 0.425 e. The van der Waals surface area contributed by atoms with Crippen LogP contribution in [0.2, 0.25) is 0 Å². The third-order valence-electron chi connectivity index (χ3n) is 4.73. The van der Waals surface area contributed by atoms with Crippen LogP contribution in [0.4, 0.5) is 0 Å². The molecular weight excluding hydrogens is 352 g/mol. The summed E-state index contributed by atoms with van der Waals surface area (Å²) in [6.07, 6.45) is 0.251. The number of aromatic nitrogens is 2. The monoisotopic (exact) mass is 378 g/mol. The van der Waals surface area contributed by atoms with Crippen LogP contribution in [0, 0.1) is 6.92 Å². The van der Waals surface area contributed by atoms with Crippen molar-refractivity contribution in [2.75, 3.05) is 20.6 Å². The Kier molecular flexibility index (Phi) is 6.55. The van der Waals surface area contributed by atoms with Crippen molar-refractivity contribution in [3.05, 3.63) is 83.6 Å². The Morgan fingerprint density at radius 1 is 1.00 bits per heavy atom. The molecule has 0 spiro atoms. The predicted molar refractivity (Wildman–Crippen MR) is 108 cm³/mol. The highest BCUT2D eigenvalue weighted by molar-refractivity contribution is 5.77. The van der Waals surface area contributed by atoms with Crippen molar-refractivity contribution >= 4 is 5.91 Å². The van der Waals surface area contributed by atoms with Gasteiger partial charge in [0, 0.05) is 19.9 Å². The average Bonchev–Trinajstić information content (AvgIpc) is 3.13. The van der Waals surface area contributed by atoms with E-state index in [9.17, 15) is 4.79 Å². The Hall–Kier alpha value is -2.99. The maximum absolute atomic E-state index is 12.7. The van der Waals surface area contributed by atoms with E-state index in [1.54, 1.807) is 6.92 Å². The first-order chi connectivity index (χ1) is 13.5. The van der Waals surface area contributed by atoms with E-state index in [2.05, 4.69) is 32.5 Å². The van der Waals surface area contributed by atoms with E-state index in [1.165, 1.54) is 5.56 Å². The fourth-order valence-electron chi connectivity index (χ4n) is 3.23. The molecule has 0 bridgehead atoms. The summed E-state index contributed by atoms with van der Waals surface area (Å²) >= 11 is 0. The zero-order valence-electron chi connectivity index (χ0n) is 16.5. The third-order valence-corrected chi connectivity index (χ3v) is 4.73. The molecule has 0 aliphatic heterocycles. The molecule has 0 fully saturated rings. The number of hydrogen-bond acceptors (Lipinski definition) is 5. The molecule has 2 aromatic carbocycles. The number of amides is 1. The Bertz CT molecular complexity index is 878. The molecule has 1 amide bonds. The van der Waals surface area contributed by atoms with Crippen LogP contribution in [-0.4, -0.2) is 41.6 Å². The highest BCUT2D eigenvalue weighted by atomic mass is 16.4. The van der Waals surface area contributed by atoms with E-state index >= 15 is 0 Å². The van der Waals surface area contributed by atoms with Gasteiger partial charge in [0.25, 0.3) is 0 Å². The summed E-state index contributed by atoms with van der Waals surface area (Å²) in [6, 6.07) is 20.1. The maximum atomic E-state index is 12.7. The molecular formula is C22H26N4O2. The molecule has 0 radical (unpaired) electrons. The summed E-state index contributed by atoms with van der Waals surface area (Å²) in [5.74, 6) is 0.642. The van der Waals surface area contributed by atoms with Crippen molar-refractivity contribution in [1.82, 2.24) is 20.4 Å². The summed E-state index contributed by atoms with van der Waals surface area (Å²) in [6.45, 7) is 2.28. The first-order valence-electron chi connectivity index (χ1n) is 9.37. The van der Waals surface area contributed by atoms with Gasteiger partial charge >= 0.3 is 0 Å². The lowest BCUT2D eigenvalue weighted by atomic mass is 9.95. The lowest BCUT2D eigenvalue weighted by Gasteiger charge is -2.25. The first kappa shape index (κ1) is 19.8. The first-order valence-corrected chi connectivity index (χ1v) is 9.37. The van der Waals surface area contributed by atoms with Crippen LogP contribution in [0.5, 0.6) is 0 Å². The van der Waals surface area contributed by atoms with Gasteiger partial charge < -0.3 is 14.6 Å². The van der Waals surface area contributed by atoms with Crippen LogP contribution in [0.15, 0.2) is 65.1 Å². The highest BCUT2D eigenvalue weighted by Crippen LogP contribution is 2.27. The fourth-order valence-corrected chi connectivity index (χ4v) is 3.23. The number of carbonyl (C=O) groups excluding carboxylic acids is 1. The molecule has 28 heavy (non-hydrogen) atoms. The summed E-state index contributed by atoms with van der Waals surface area (Å²) in [5.41, 5.74) is 2.15. The minimum atomic E-state index is -0.267. The third kappa shape index (κ3) is 5.04. The Balaban J connectivity index is 1.70. The summed E-state index contributed by atoms with van der Waals surface area (Å²) in [7, 11) is 4.02. The summed E-state index contributed by atoms with van der Waals surface area (Å²) in [5, 5.41) is 11.1. The van der Waals surface area contributed by atoms with Crippen molar-refractivity contribution in [3.63, 3.8) is 0 Å². The van der Waals surface area contributed by atoms with Crippen molar-refractivity contribution in [2.45, 2.75) is 25.3 Å². The number of benzene rings is 2. The Labute approximate surface area is 165 Å². The molecule has 0 aliphatic carbocycles. The molecule has 1 heterocycles. The van der Waals surface area contributed by atoms with E-state index in [1.807, 2.05) is 62.6 Å². The van der Waals surface area contributed by atoms with Gasteiger partial charge in [-0.1, -0.05) is 60.7 Å². The molecule has 2 atom stereocenters. The van der Waals surface area contributed by atoms with Crippen molar-refractivity contribution < 1.29 is 9.21 Å². The van der Waals surface area contributed by atoms with Crippen molar-refractivity contribution in [1.29, 1.82) is 0 Å². The maximum Gasteiger partial charge on any atom is 0.224 e. The van der Waals surface area contributed by atoms with Crippen LogP contribution in [0.25, 0.3) is 0 Å². The fraction of sp³-hybridized carbons (Fsp3) is 0.318. The second-order valence-electron chi connectivity index (χ2n) is 7.02. The van der Waals surface area contributed by atoms with E-state index in [4.69, 9.17) is 4.42 Å². The number of carbonyl (C=O) groups is 1. The van der Waals surface area contributed by atoms with Gasteiger partial charge in [0.05, 0.1) is 12.0 Å². The molecule has 0 saturated heterocycles. The molecule has 3 aromatic rings. The van der Waals surface area contributed by atoms with Crippen LogP contribution < -0.4 is 5.32 Å². The minimum absolute atomic E-state index is 0.0486. The van der Waals surface area contributed by atoms with Gasteiger partial charge in [0.1, 0.15) is 0 Å². The molecule has 2 unspecified atom stereocenters. The number of likely N-dealkylation sites (N-methyl/N-ethyl adjacent to an activating group) is 1. The van der Waals surface area contributed by atoms with Gasteiger partial charge in [-0.2, -0.15) is 0 Å². The van der Waals surface area contributed by atoms with Crippen LogP contribution in [-0.2, 0) is 4.79 Å². The second kappa shape index (κ2) is 9.28. The van der Waals surface area contributed by atoms with Crippen molar-refractivity contribution in [3.8, 4) is 0 Å². The molecule has 1 N–H and O–H groups in total. The highest BCUT2D eigenvalue weighted by Gasteiger charge is 2.24. The quantitative estimate of drug-likeness (QED) is 0.651. The van der Waals surface area contributed by atoms with E-state index in [0.717, 1.165) is 5.56 Å². The number of nitrogens with one attached hydrogen (secondary N) is 1. The lowest BCUT2D eigenvalue weighted by Crippen LogP contribution is -2.35. The minimum Gasteiger partial charge on any atom is -0.425 e. The Morgan fingerprint density at radius 2 is 1.61 bits per heavy atom. The van der Waals surface area contributed by atoms with Gasteiger partial charge in [-0.3, -0.25) is 4.79 Å². The zero-order valence-corrected chi connectivity index (χ0v) is 16.5. The molecule has 6 nitrogen and oxygen atoms in total. The van der Waals surface area contributed by atoms with E-state index in [-0.39, 0.29) is 24.3 Å². The van der Waals surface area contributed by atoms with Crippen LogP contribution in [0.1, 0.15) is 41.3 Å². The molecule has 0 aliphatic rings. The number of rotatable bonds is 8. The lowest BCUT2D eigenvalue weighted by molar-refractivity contribution is -0.121.